The van der Waals surface area contributed by atoms with E-state index in [1.807, 2.05) is 0 Å². The maximum atomic E-state index is 10.4. The van der Waals surface area contributed by atoms with Crippen molar-refractivity contribution in [1.82, 2.24) is 4.98 Å². The van der Waals surface area contributed by atoms with Gasteiger partial charge in [-0.3, -0.25) is 14.9 Å². The van der Waals surface area contributed by atoms with Crippen molar-refractivity contribution in [2.75, 3.05) is 0 Å². The van der Waals surface area contributed by atoms with Gasteiger partial charge >= 0.3 is 0 Å². The summed E-state index contributed by atoms with van der Waals surface area (Å²) in [6.07, 6.45) is 1.57. The van der Waals surface area contributed by atoms with Gasteiger partial charge in [-0.25, -0.2) is 4.98 Å². The summed E-state index contributed by atoms with van der Waals surface area (Å²) in [7, 11) is 0. The fourth-order valence-corrected chi connectivity index (χ4v) is 0.912. The number of aldehydes is 1. The van der Waals surface area contributed by atoms with Crippen LogP contribution in [-0.4, -0.2) is 16.2 Å². The van der Waals surface area contributed by atoms with Gasteiger partial charge in [-0.2, -0.15) is 0 Å². The molecule has 0 aromatic carbocycles. The van der Waals surface area contributed by atoms with E-state index < -0.39 is 4.92 Å². The molecule has 0 aliphatic heterocycles. The van der Waals surface area contributed by atoms with E-state index in [0.717, 1.165) is 6.20 Å². The molecule has 1 rings (SSSR count). The Labute approximate surface area is 79.9 Å². The van der Waals surface area contributed by atoms with E-state index in [2.05, 4.69) is 16.8 Å². The summed E-state index contributed by atoms with van der Waals surface area (Å²) in [4.78, 5) is 23.6. The first-order valence-electron chi connectivity index (χ1n) is 3.71. The lowest BCUT2D eigenvalue weighted by Crippen LogP contribution is -1.94. The Bertz CT molecular complexity index is 443. The van der Waals surface area contributed by atoms with Gasteiger partial charge in [0.1, 0.15) is 11.9 Å². The smallest absolute Gasteiger partial charge is 0.289 e. The number of rotatable bonds is 1. The zero-order chi connectivity index (χ0) is 10.6. The number of carbonyl (C=O) groups excluding carboxylic acids is 1. The van der Waals surface area contributed by atoms with Crippen LogP contribution in [0.1, 0.15) is 11.3 Å². The average Bonchev–Trinajstić information content (AvgIpc) is 2.14. The third-order valence-corrected chi connectivity index (χ3v) is 1.54. The molecule has 5 nitrogen and oxygen atoms in total. The number of hydrogen-bond donors (Lipinski definition) is 0. The van der Waals surface area contributed by atoms with Crippen molar-refractivity contribution in [2.45, 2.75) is 6.92 Å². The summed E-state index contributed by atoms with van der Waals surface area (Å²) in [6, 6.07) is 1.47. The molecule has 0 saturated carbocycles. The van der Waals surface area contributed by atoms with Crippen LogP contribution >= 0.6 is 0 Å². The lowest BCUT2D eigenvalue weighted by atomic mass is 10.2. The minimum absolute atomic E-state index is 0.0540. The molecule has 14 heavy (non-hydrogen) atoms. The minimum atomic E-state index is -0.515. The number of nitro groups is 1. The number of aryl methyl sites for hydroxylation is 1. The first-order valence-corrected chi connectivity index (χ1v) is 3.71. The molecule has 0 aliphatic carbocycles. The highest BCUT2D eigenvalue weighted by Crippen LogP contribution is 2.15. The molecule has 1 aromatic rings. The van der Waals surface area contributed by atoms with Gasteiger partial charge in [-0.15, -0.1) is 0 Å². The Balaban J connectivity index is 3.12. The fraction of sp³-hybridized carbons (Fsp3) is 0.111. The summed E-state index contributed by atoms with van der Waals surface area (Å²) in [6.45, 7) is 1.59. The predicted molar refractivity (Wildman–Crippen MR) is 48.6 cm³/mol. The Hall–Kier alpha value is -2.22. The Morgan fingerprint density at radius 3 is 2.86 bits per heavy atom. The second-order valence-corrected chi connectivity index (χ2v) is 2.50. The van der Waals surface area contributed by atoms with Crippen molar-refractivity contribution < 1.29 is 9.72 Å². The van der Waals surface area contributed by atoms with E-state index in [9.17, 15) is 14.9 Å². The second kappa shape index (κ2) is 4.14. The molecule has 0 N–H and O–H groups in total. The highest BCUT2D eigenvalue weighted by atomic mass is 16.6. The SMILES string of the molecule is Cc1cc(C#CC=O)ncc1[N+](=O)[O-]. The number of carbonyl (C=O) groups is 1. The van der Waals surface area contributed by atoms with Crippen LogP contribution in [-0.2, 0) is 4.79 Å². The highest BCUT2D eigenvalue weighted by molar-refractivity contribution is 5.73. The van der Waals surface area contributed by atoms with Gasteiger partial charge in [0, 0.05) is 5.56 Å². The zero-order valence-electron chi connectivity index (χ0n) is 7.35. The highest BCUT2D eigenvalue weighted by Gasteiger charge is 2.10. The van der Waals surface area contributed by atoms with E-state index in [4.69, 9.17) is 0 Å². The second-order valence-electron chi connectivity index (χ2n) is 2.50. The third kappa shape index (κ3) is 2.14. The van der Waals surface area contributed by atoms with E-state index in [1.165, 1.54) is 6.07 Å². The minimum Gasteiger partial charge on any atom is -0.289 e. The molecule has 0 atom stereocenters. The van der Waals surface area contributed by atoms with Gasteiger partial charge in [0.05, 0.1) is 4.92 Å². The summed E-state index contributed by atoms with van der Waals surface area (Å²) < 4.78 is 0. The predicted octanol–water partition coefficient (Wildman–Crippen LogP) is 0.849. The average molecular weight is 190 g/mol. The van der Waals surface area contributed by atoms with Gasteiger partial charge in [-0.05, 0) is 24.8 Å². The Morgan fingerprint density at radius 1 is 1.64 bits per heavy atom. The van der Waals surface area contributed by atoms with E-state index in [1.54, 1.807) is 6.92 Å². The van der Waals surface area contributed by atoms with Crippen molar-refractivity contribution in [2.24, 2.45) is 0 Å². The molecular formula is C9H6N2O3. The molecular weight excluding hydrogens is 184 g/mol. The number of pyridine rings is 1. The zero-order valence-corrected chi connectivity index (χ0v) is 7.35. The molecule has 0 amide bonds. The van der Waals surface area contributed by atoms with E-state index >= 15 is 0 Å². The molecule has 0 aliphatic rings. The van der Waals surface area contributed by atoms with E-state index in [-0.39, 0.29) is 5.69 Å². The first-order chi connectivity index (χ1) is 6.65. The Morgan fingerprint density at radius 2 is 2.36 bits per heavy atom. The molecule has 0 radical (unpaired) electrons. The molecule has 1 heterocycles. The molecule has 0 fully saturated rings. The van der Waals surface area contributed by atoms with Gasteiger partial charge in [0.25, 0.3) is 5.69 Å². The third-order valence-electron chi connectivity index (χ3n) is 1.54. The van der Waals surface area contributed by atoms with Crippen LogP contribution < -0.4 is 0 Å². The monoisotopic (exact) mass is 190 g/mol. The maximum Gasteiger partial charge on any atom is 0.290 e. The van der Waals surface area contributed by atoms with Crippen LogP contribution in [0.2, 0.25) is 0 Å². The van der Waals surface area contributed by atoms with Crippen LogP contribution in [0.5, 0.6) is 0 Å². The normalized spacial score (nSPS) is 8.64. The van der Waals surface area contributed by atoms with Crippen molar-refractivity contribution in [1.29, 1.82) is 0 Å². The van der Waals surface area contributed by atoms with Crippen molar-refractivity contribution in [3.8, 4) is 11.8 Å². The fourth-order valence-electron chi connectivity index (χ4n) is 0.912. The first kappa shape index (κ1) is 9.86. The summed E-state index contributed by atoms with van der Waals surface area (Å²) in [5, 5.41) is 10.4. The number of aromatic nitrogens is 1. The lowest BCUT2D eigenvalue weighted by molar-refractivity contribution is -0.385. The van der Waals surface area contributed by atoms with E-state index in [0.29, 0.717) is 17.5 Å². The molecule has 0 unspecified atom stereocenters. The quantitative estimate of drug-likeness (QED) is 0.285. The van der Waals surface area contributed by atoms with Gasteiger partial charge in [0.15, 0.2) is 6.29 Å². The lowest BCUT2D eigenvalue weighted by Gasteiger charge is -1.95. The number of nitrogens with zero attached hydrogens (tertiary/aromatic N) is 2. The molecule has 70 valence electrons. The van der Waals surface area contributed by atoms with Crippen LogP contribution in [0, 0.1) is 28.9 Å². The Kier molecular flexibility index (Phi) is 2.92. The molecule has 5 heteroatoms. The van der Waals surface area contributed by atoms with Gasteiger partial charge in [-0.1, -0.05) is 0 Å². The molecule has 0 spiro atoms. The topological polar surface area (TPSA) is 73.1 Å². The molecule has 0 saturated heterocycles. The van der Waals surface area contributed by atoms with Crippen molar-refractivity contribution in [3.05, 3.63) is 33.6 Å². The van der Waals surface area contributed by atoms with Crippen molar-refractivity contribution in [3.63, 3.8) is 0 Å². The summed E-state index contributed by atoms with van der Waals surface area (Å²) in [5.41, 5.74) is 0.766. The van der Waals surface area contributed by atoms with Crippen LogP contribution in [0.15, 0.2) is 12.3 Å². The summed E-state index contributed by atoms with van der Waals surface area (Å²) >= 11 is 0. The van der Waals surface area contributed by atoms with Crippen LogP contribution in [0.4, 0.5) is 5.69 Å². The molecule has 1 aromatic heterocycles. The van der Waals surface area contributed by atoms with Crippen LogP contribution in [0.3, 0.4) is 0 Å². The standard InChI is InChI=1S/C9H6N2O3/c1-7-5-8(3-2-4-12)10-6-9(7)11(13)14/h4-6H,1H3. The largest absolute Gasteiger partial charge is 0.290 e. The van der Waals surface area contributed by atoms with Gasteiger partial charge < -0.3 is 0 Å². The summed E-state index contributed by atoms with van der Waals surface area (Å²) in [5.74, 6) is 4.63. The van der Waals surface area contributed by atoms with Gasteiger partial charge in [0.2, 0.25) is 0 Å². The molecule has 0 bridgehead atoms. The number of hydrogen-bond acceptors (Lipinski definition) is 4. The van der Waals surface area contributed by atoms with Crippen LogP contribution in [0.25, 0.3) is 0 Å². The van der Waals surface area contributed by atoms with Crippen molar-refractivity contribution >= 4 is 12.0 Å². The maximum absolute atomic E-state index is 10.4.